The van der Waals surface area contributed by atoms with Crippen molar-refractivity contribution in [2.75, 3.05) is 5.73 Å². The highest BCUT2D eigenvalue weighted by molar-refractivity contribution is 5.94. The Morgan fingerprint density at radius 1 is 0.846 bits per heavy atom. The molecule has 0 aliphatic heterocycles. The third-order valence-electron chi connectivity index (χ3n) is 6.43. The lowest BCUT2D eigenvalue weighted by molar-refractivity contribution is 0.0951. The first-order valence-corrected chi connectivity index (χ1v) is 12.4. The summed E-state index contributed by atoms with van der Waals surface area (Å²) >= 11 is 0. The maximum Gasteiger partial charge on any atom is 0.251 e. The Hall–Kier alpha value is -5.50. The van der Waals surface area contributed by atoms with Crippen molar-refractivity contribution in [3.8, 4) is 34.1 Å². The number of carbonyl (C=O) groups is 1. The van der Waals surface area contributed by atoms with Crippen molar-refractivity contribution in [1.29, 1.82) is 0 Å². The number of imidazole rings is 1. The Bertz CT molecular complexity index is 1780. The van der Waals surface area contributed by atoms with Crippen molar-refractivity contribution in [2.45, 2.75) is 6.54 Å². The van der Waals surface area contributed by atoms with Gasteiger partial charge in [0.25, 0.3) is 5.91 Å². The van der Waals surface area contributed by atoms with Crippen LogP contribution in [0.4, 0.5) is 5.82 Å². The first-order chi connectivity index (χ1) is 19.1. The fourth-order valence-corrected chi connectivity index (χ4v) is 4.42. The minimum Gasteiger partial charge on any atom is -0.508 e. The molecule has 6 aromatic rings. The van der Waals surface area contributed by atoms with Crippen LogP contribution in [0.5, 0.6) is 5.75 Å². The minimum atomic E-state index is -0.216. The summed E-state index contributed by atoms with van der Waals surface area (Å²) in [5.74, 6) is 0.922. The van der Waals surface area contributed by atoms with Gasteiger partial charge in [0.2, 0.25) is 0 Å². The number of rotatable bonds is 6. The van der Waals surface area contributed by atoms with Crippen molar-refractivity contribution >= 4 is 22.9 Å². The highest BCUT2D eigenvalue weighted by atomic mass is 16.3. The third kappa shape index (κ3) is 4.78. The van der Waals surface area contributed by atoms with E-state index in [9.17, 15) is 9.90 Å². The lowest BCUT2D eigenvalue weighted by Crippen LogP contribution is -2.22. The zero-order chi connectivity index (χ0) is 26.8. The predicted molar refractivity (Wildman–Crippen MR) is 151 cm³/mol. The predicted octanol–water partition coefficient (Wildman–Crippen LogP) is 5.37. The smallest absolute Gasteiger partial charge is 0.251 e. The fourth-order valence-electron chi connectivity index (χ4n) is 4.42. The monoisotopic (exact) mass is 512 g/mol. The van der Waals surface area contributed by atoms with Gasteiger partial charge in [-0.3, -0.25) is 9.36 Å². The Labute approximate surface area is 224 Å². The molecule has 4 N–H and O–H groups in total. The van der Waals surface area contributed by atoms with Gasteiger partial charge in [0.15, 0.2) is 11.5 Å². The van der Waals surface area contributed by atoms with Gasteiger partial charge in [0.1, 0.15) is 17.1 Å². The molecule has 0 fully saturated rings. The van der Waals surface area contributed by atoms with Crippen LogP contribution in [0.3, 0.4) is 0 Å². The van der Waals surface area contributed by atoms with Crippen LogP contribution in [0.2, 0.25) is 0 Å². The molecule has 0 saturated heterocycles. The maximum absolute atomic E-state index is 12.5. The van der Waals surface area contributed by atoms with E-state index in [-0.39, 0.29) is 11.7 Å². The summed E-state index contributed by atoms with van der Waals surface area (Å²) in [7, 11) is 0. The summed E-state index contributed by atoms with van der Waals surface area (Å²) in [6.45, 7) is 0.351. The van der Waals surface area contributed by atoms with Crippen LogP contribution in [0.25, 0.3) is 39.5 Å². The van der Waals surface area contributed by atoms with Gasteiger partial charge in [-0.15, -0.1) is 0 Å². The normalized spacial score (nSPS) is 11.0. The second-order valence-electron chi connectivity index (χ2n) is 9.01. The number of phenolic OH excluding ortho intramolecular Hbond substituents is 1. The van der Waals surface area contributed by atoms with E-state index in [1.54, 1.807) is 18.3 Å². The van der Waals surface area contributed by atoms with Gasteiger partial charge in [0, 0.05) is 29.6 Å². The Morgan fingerprint density at radius 2 is 1.62 bits per heavy atom. The van der Waals surface area contributed by atoms with Crippen LogP contribution in [-0.4, -0.2) is 30.5 Å². The molecule has 190 valence electrons. The van der Waals surface area contributed by atoms with Gasteiger partial charge in [0.05, 0.1) is 11.3 Å². The molecule has 6 rings (SSSR count). The van der Waals surface area contributed by atoms with E-state index in [0.29, 0.717) is 35.0 Å². The molecule has 39 heavy (non-hydrogen) atoms. The third-order valence-corrected chi connectivity index (χ3v) is 6.43. The summed E-state index contributed by atoms with van der Waals surface area (Å²) in [5, 5.41) is 12.4. The van der Waals surface area contributed by atoms with Crippen LogP contribution >= 0.6 is 0 Å². The number of benzene rings is 3. The zero-order valence-electron chi connectivity index (χ0n) is 20.8. The zero-order valence-corrected chi connectivity index (χ0v) is 20.8. The topological polar surface area (TPSA) is 119 Å². The lowest BCUT2D eigenvalue weighted by atomic mass is 10.1. The fraction of sp³-hybridized carbons (Fsp3) is 0.0323. The van der Waals surface area contributed by atoms with Crippen molar-refractivity contribution in [2.24, 2.45) is 0 Å². The van der Waals surface area contributed by atoms with E-state index in [2.05, 4.69) is 10.3 Å². The summed E-state index contributed by atoms with van der Waals surface area (Å²) < 4.78 is 1.98. The largest absolute Gasteiger partial charge is 0.508 e. The van der Waals surface area contributed by atoms with Crippen LogP contribution < -0.4 is 11.1 Å². The minimum absolute atomic E-state index is 0.118. The van der Waals surface area contributed by atoms with Gasteiger partial charge < -0.3 is 16.2 Å². The van der Waals surface area contributed by atoms with E-state index in [4.69, 9.17) is 15.7 Å². The van der Waals surface area contributed by atoms with E-state index < -0.39 is 0 Å². The number of nitrogens with zero attached hydrogens (tertiary/aromatic N) is 4. The molecule has 0 unspecified atom stereocenters. The van der Waals surface area contributed by atoms with Gasteiger partial charge >= 0.3 is 0 Å². The summed E-state index contributed by atoms with van der Waals surface area (Å²) in [6, 6.07) is 31.6. The molecular weight excluding hydrogens is 488 g/mol. The van der Waals surface area contributed by atoms with E-state index in [1.807, 2.05) is 83.4 Å². The lowest BCUT2D eigenvalue weighted by Gasteiger charge is -2.12. The molecule has 3 aromatic carbocycles. The van der Waals surface area contributed by atoms with Crippen molar-refractivity contribution < 1.29 is 9.90 Å². The van der Waals surface area contributed by atoms with E-state index >= 15 is 0 Å². The molecule has 3 aromatic heterocycles. The molecule has 0 saturated carbocycles. The highest BCUT2D eigenvalue weighted by Gasteiger charge is 2.18. The number of amides is 1. The van der Waals surface area contributed by atoms with Crippen LogP contribution in [0.1, 0.15) is 15.9 Å². The second kappa shape index (κ2) is 10.1. The SMILES string of the molecule is Nc1ncccc1-c1nc2ccc(-c3ccccc3)nc2n1-c1ccc(CNC(=O)c2ccc(O)cc2)cc1. The molecule has 8 nitrogen and oxygen atoms in total. The molecular formula is C31H24N6O2. The second-order valence-corrected chi connectivity index (χ2v) is 9.01. The molecule has 0 radical (unpaired) electrons. The van der Waals surface area contributed by atoms with E-state index in [1.165, 1.54) is 12.1 Å². The molecule has 8 heteroatoms. The van der Waals surface area contributed by atoms with Gasteiger partial charge in [-0.05, 0) is 66.2 Å². The molecule has 0 aliphatic carbocycles. The van der Waals surface area contributed by atoms with Gasteiger partial charge in [-0.1, -0.05) is 42.5 Å². The molecule has 0 spiro atoms. The van der Waals surface area contributed by atoms with Crippen LogP contribution in [0, 0.1) is 0 Å². The number of nitrogen functional groups attached to an aromatic ring is 1. The van der Waals surface area contributed by atoms with Gasteiger partial charge in [-0.25, -0.2) is 15.0 Å². The maximum atomic E-state index is 12.5. The van der Waals surface area contributed by atoms with Crippen molar-refractivity contribution in [1.82, 2.24) is 24.8 Å². The number of nitrogens with one attached hydrogen (secondary N) is 1. The van der Waals surface area contributed by atoms with Crippen molar-refractivity contribution in [3.63, 3.8) is 0 Å². The number of hydrogen-bond donors (Lipinski definition) is 3. The number of aromatic nitrogens is 4. The van der Waals surface area contributed by atoms with Crippen molar-refractivity contribution in [3.05, 3.63) is 120 Å². The number of phenols is 1. The molecule has 0 atom stereocenters. The Morgan fingerprint density at radius 3 is 2.36 bits per heavy atom. The van der Waals surface area contributed by atoms with Crippen LogP contribution in [0.15, 0.2) is 109 Å². The standard InChI is InChI=1S/C31H24N6O2/c32-28-25(7-4-18-33-28)29-36-27-17-16-26(21-5-2-1-3-6-21)35-30(27)37(29)23-12-8-20(9-13-23)19-34-31(39)22-10-14-24(38)15-11-22/h1-18,38H,19H2,(H2,32,33)(H,34,39). The number of fused-ring (bicyclic) bond motifs is 1. The number of carbonyl (C=O) groups excluding carboxylic acids is 1. The number of nitrogens with two attached hydrogens (primary N) is 1. The quantitative estimate of drug-likeness (QED) is 0.276. The molecule has 3 heterocycles. The summed E-state index contributed by atoms with van der Waals surface area (Å²) in [6.07, 6.45) is 1.65. The molecule has 0 aliphatic rings. The highest BCUT2D eigenvalue weighted by Crippen LogP contribution is 2.31. The Balaban J connectivity index is 1.37. The number of hydrogen-bond acceptors (Lipinski definition) is 6. The first kappa shape index (κ1) is 23.9. The average molecular weight is 513 g/mol. The Kier molecular flexibility index (Phi) is 6.18. The number of pyridine rings is 2. The summed E-state index contributed by atoms with van der Waals surface area (Å²) in [4.78, 5) is 26.6. The molecule has 1 amide bonds. The first-order valence-electron chi connectivity index (χ1n) is 12.4. The summed E-state index contributed by atoms with van der Waals surface area (Å²) in [5.41, 5.74) is 12.5. The number of anilines is 1. The van der Waals surface area contributed by atoms with Crippen LogP contribution in [-0.2, 0) is 6.54 Å². The number of aromatic hydroxyl groups is 1. The van der Waals surface area contributed by atoms with Gasteiger partial charge in [-0.2, -0.15) is 0 Å². The molecule has 0 bridgehead atoms. The average Bonchev–Trinajstić information content (AvgIpc) is 3.36. The van der Waals surface area contributed by atoms with E-state index in [0.717, 1.165) is 28.0 Å².